The zero-order chi connectivity index (χ0) is 16.5. The molecule has 0 aromatic heterocycles. The molecule has 0 spiro atoms. The molecule has 1 aromatic carbocycles. The summed E-state index contributed by atoms with van der Waals surface area (Å²) in [5.41, 5.74) is 0.972. The van der Waals surface area contributed by atoms with E-state index in [0.29, 0.717) is 6.54 Å². The molecule has 0 radical (unpaired) electrons. The Bertz CT molecular complexity index is 534. The number of nitrogens with one attached hydrogen (secondary N) is 2. The molecule has 5 heteroatoms. The molecular formula is C18H24N2O3. The number of hydrogen-bond acceptors (Lipinski definition) is 3. The highest BCUT2D eigenvalue weighted by Gasteiger charge is 2.24. The first-order valence-electron chi connectivity index (χ1n) is 8.15. The SMILES string of the molecule is CCNC(=O)NC1CCC(OC(=O)/C=C/c2ccccc2)CC1. The summed E-state index contributed by atoms with van der Waals surface area (Å²) in [5, 5.41) is 5.66. The van der Waals surface area contributed by atoms with Crippen molar-refractivity contribution in [2.75, 3.05) is 6.54 Å². The molecule has 0 bridgehead atoms. The quantitative estimate of drug-likeness (QED) is 0.648. The highest BCUT2D eigenvalue weighted by Crippen LogP contribution is 2.21. The van der Waals surface area contributed by atoms with E-state index in [0.717, 1.165) is 31.2 Å². The van der Waals surface area contributed by atoms with E-state index in [-0.39, 0.29) is 24.1 Å². The molecule has 23 heavy (non-hydrogen) atoms. The van der Waals surface area contributed by atoms with Crippen LogP contribution in [0.2, 0.25) is 0 Å². The van der Waals surface area contributed by atoms with Crippen molar-refractivity contribution in [3.8, 4) is 0 Å². The number of esters is 1. The van der Waals surface area contributed by atoms with Crippen LogP contribution in [0, 0.1) is 0 Å². The van der Waals surface area contributed by atoms with Crippen LogP contribution in [-0.2, 0) is 9.53 Å². The molecular weight excluding hydrogens is 292 g/mol. The van der Waals surface area contributed by atoms with Gasteiger partial charge < -0.3 is 15.4 Å². The Hall–Kier alpha value is -2.30. The Morgan fingerprint density at radius 2 is 1.87 bits per heavy atom. The van der Waals surface area contributed by atoms with Crippen LogP contribution < -0.4 is 10.6 Å². The van der Waals surface area contributed by atoms with Gasteiger partial charge in [0.25, 0.3) is 0 Å². The summed E-state index contributed by atoms with van der Waals surface area (Å²) < 4.78 is 5.46. The third-order valence-corrected chi connectivity index (χ3v) is 3.84. The first-order valence-corrected chi connectivity index (χ1v) is 8.15. The number of benzene rings is 1. The van der Waals surface area contributed by atoms with Crippen LogP contribution in [-0.4, -0.2) is 30.7 Å². The predicted octanol–water partition coefficient (Wildman–Crippen LogP) is 2.87. The van der Waals surface area contributed by atoms with Gasteiger partial charge in [-0.1, -0.05) is 30.3 Å². The number of urea groups is 1. The fraction of sp³-hybridized carbons (Fsp3) is 0.444. The third kappa shape index (κ3) is 6.14. The van der Waals surface area contributed by atoms with E-state index in [9.17, 15) is 9.59 Å². The van der Waals surface area contributed by atoms with E-state index in [1.807, 2.05) is 37.3 Å². The van der Waals surface area contributed by atoms with Crippen LogP contribution in [0.1, 0.15) is 38.2 Å². The lowest BCUT2D eigenvalue weighted by molar-refractivity contribution is -0.144. The largest absolute Gasteiger partial charge is 0.459 e. The van der Waals surface area contributed by atoms with Crippen LogP contribution in [0.25, 0.3) is 6.08 Å². The smallest absolute Gasteiger partial charge is 0.331 e. The number of hydrogen-bond donors (Lipinski definition) is 2. The molecule has 2 amide bonds. The maximum Gasteiger partial charge on any atom is 0.331 e. The van der Waals surface area contributed by atoms with Gasteiger partial charge in [0, 0.05) is 18.7 Å². The minimum Gasteiger partial charge on any atom is -0.459 e. The Kier molecular flexibility index (Phi) is 6.66. The number of carbonyl (C=O) groups excluding carboxylic acids is 2. The minimum absolute atomic E-state index is 0.0600. The highest BCUT2D eigenvalue weighted by atomic mass is 16.5. The topological polar surface area (TPSA) is 67.4 Å². The van der Waals surface area contributed by atoms with Crippen molar-refractivity contribution in [1.29, 1.82) is 0 Å². The second kappa shape index (κ2) is 8.98. The van der Waals surface area contributed by atoms with Crippen LogP contribution >= 0.6 is 0 Å². The maximum absolute atomic E-state index is 11.8. The van der Waals surface area contributed by atoms with E-state index >= 15 is 0 Å². The molecule has 1 aromatic rings. The Morgan fingerprint density at radius 3 is 2.52 bits per heavy atom. The molecule has 0 saturated heterocycles. The van der Waals surface area contributed by atoms with Crippen LogP contribution in [0.15, 0.2) is 36.4 Å². The monoisotopic (exact) mass is 316 g/mol. The van der Waals surface area contributed by atoms with E-state index in [4.69, 9.17) is 4.74 Å². The second-order valence-electron chi connectivity index (χ2n) is 5.66. The van der Waals surface area contributed by atoms with Crippen molar-refractivity contribution >= 4 is 18.1 Å². The van der Waals surface area contributed by atoms with Crippen molar-refractivity contribution in [3.63, 3.8) is 0 Å². The Morgan fingerprint density at radius 1 is 1.17 bits per heavy atom. The summed E-state index contributed by atoms with van der Waals surface area (Å²) in [7, 11) is 0. The molecule has 0 heterocycles. The first-order chi connectivity index (χ1) is 11.2. The van der Waals surface area contributed by atoms with Crippen molar-refractivity contribution in [2.45, 2.75) is 44.8 Å². The predicted molar refractivity (Wildman–Crippen MR) is 89.8 cm³/mol. The molecule has 0 aliphatic heterocycles. The number of rotatable bonds is 5. The average Bonchev–Trinajstić information content (AvgIpc) is 2.56. The lowest BCUT2D eigenvalue weighted by Crippen LogP contribution is -2.44. The fourth-order valence-corrected chi connectivity index (χ4v) is 2.65. The van der Waals surface area contributed by atoms with Crippen LogP contribution in [0.4, 0.5) is 4.79 Å². The zero-order valence-corrected chi connectivity index (χ0v) is 13.5. The van der Waals surface area contributed by atoms with Gasteiger partial charge in [0.1, 0.15) is 6.10 Å². The van der Waals surface area contributed by atoms with Gasteiger partial charge in [-0.25, -0.2) is 9.59 Å². The standard InChI is InChI=1S/C18H24N2O3/c1-2-19-18(22)20-15-9-11-16(12-10-15)23-17(21)13-8-14-6-4-3-5-7-14/h3-8,13,15-16H,2,9-12H2,1H3,(H2,19,20,22)/b13-8+. The van der Waals surface area contributed by atoms with E-state index in [2.05, 4.69) is 10.6 Å². The molecule has 2 rings (SSSR count). The molecule has 1 aliphatic rings. The summed E-state index contributed by atoms with van der Waals surface area (Å²) in [6, 6.07) is 9.68. The van der Waals surface area contributed by atoms with Gasteiger partial charge in [-0.15, -0.1) is 0 Å². The normalized spacial score (nSPS) is 20.9. The lowest BCUT2D eigenvalue weighted by atomic mass is 9.93. The van der Waals surface area contributed by atoms with E-state index in [1.165, 1.54) is 6.08 Å². The summed E-state index contributed by atoms with van der Waals surface area (Å²) in [5.74, 6) is -0.311. The van der Waals surface area contributed by atoms with E-state index < -0.39 is 0 Å². The Labute approximate surface area is 137 Å². The number of carbonyl (C=O) groups is 2. The van der Waals surface area contributed by atoms with Gasteiger partial charge in [-0.2, -0.15) is 0 Å². The summed E-state index contributed by atoms with van der Waals surface area (Å²) in [4.78, 5) is 23.3. The third-order valence-electron chi connectivity index (χ3n) is 3.84. The lowest BCUT2D eigenvalue weighted by Gasteiger charge is -2.28. The maximum atomic E-state index is 11.8. The van der Waals surface area contributed by atoms with Crippen molar-refractivity contribution in [3.05, 3.63) is 42.0 Å². The minimum atomic E-state index is -0.311. The molecule has 5 nitrogen and oxygen atoms in total. The molecule has 0 unspecified atom stereocenters. The van der Waals surface area contributed by atoms with Gasteiger partial charge in [-0.3, -0.25) is 0 Å². The molecule has 1 aliphatic carbocycles. The van der Waals surface area contributed by atoms with Crippen molar-refractivity contribution in [1.82, 2.24) is 10.6 Å². The van der Waals surface area contributed by atoms with Gasteiger partial charge >= 0.3 is 12.0 Å². The Balaban J connectivity index is 1.70. The van der Waals surface area contributed by atoms with Crippen LogP contribution in [0.3, 0.4) is 0 Å². The molecule has 2 N–H and O–H groups in total. The summed E-state index contributed by atoms with van der Waals surface area (Å²) in [6.07, 6.45) is 6.38. The second-order valence-corrected chi connectivity index (χ2v) is 5.66. The van der Waals surface area contributed by atoms with Crippen molar-refractivity contribution in [2.24, 2.45) is 0 Å². The van der Waals surface area contributed by atoms with Gasteiger partial charge in [-0.05, 0) is 44.2 Å². The molecule has 124 valence electrons. The van der Waals surface area contributed by atoms with Crippen LogP contribution in [0.5, 0.6) is 0 Å². The molecule has 0 atom stereocenters. The fourth-order valence-electron chi connectivity index (χ4n) is 2.65. The average molecular weight is 316 g/mol. The van der Waals surface area contributed by atoms with E-state index in [1.54, 1.807) is 6.08 Å². The number of amides is 2. The van der Waals surface area contributed by atoms with Crippen molar-refractivity contribution < 1.29 is 14.3 Å². The zero-order valence-electron chi connectivity index (χ0n) is 13.5. The van der Waals surface area contributed by atoms with Gasteiger partial charge in [0.2, 0.25) is 0 Å². The van der Waals surface area contributed by atoms with Gasteiger partial charge in [0.15, 0.2) is 0 Å². The summed E-state index contributed by atoms with van der Waals surface area (Å²) in [6.45, 7) is 2.51. The molecule has 1 fully saturated rings. The van der Waals surface area contributed by atoms with Gasteiger partial charge in [0.05, 0.1) is 0 Å². The number of ether oxygens (including phenoxy) is 1. The molecule has 1 saturated carbocycles. The highest BCUT2D eigenvalue weighted by molar-refractivity contribution is 5.87. The first kappa shape index (κ1) is 17.1. The summed E-state index contributed by atoms with van der Waals surface area (Å²) >= 11 is 0.